The number of nitrogens with one attached hydrogen (secondary N) is 1. The van der Waals surface area contributed by atoms with Crippen molar-refractivity contribution in [2.75, 3.05) is 7.05 Å². The fraction of sp³-hybridized carbons (Fsp3) is 1.00. The predicted molar refractivity (Wildman–Crippen MR) is 36.8 cm³/mol. The van der Waals surface area contributed by atoms with E-state index in [-0.39, 0.29) is 0 Å². The Morgan fingerprint density at radius 2 is 2.00 bits per heavy atom. The molecule has 0 bridgehead atoms. The smallest absolute Gasteiger partial charge is 0.00503 e. The summed E-state index contributed by atoms with van der Waals surface area (Å²) in [5.74, 6) is 0. The van der Waals surface area contributed by atoms with Crippen LogP contribution in [0.15, 0.2) is 0 Å². The van der Waals surface area contributed by atoms with Gasteiger partial charge < -0.3 is 11.1 Å². The lowest BCUT2D eigenvalue weighted by atomic mass is 10.1. The molecule has 0 heterocycles. The van der Waals surface area contributed by atoms with Crippen molar-refractivity contribution in [2.45, 2.75) is 32.4 Å². The molecule has 0 radical (unpaired) electrons. The van der Waals surface area contributed by atoms with Crippen LogP contribution in [0.4, 0.5) is 0 Å². The van der Waals surface area contributed by atoms with Crippen LogP contribution in [0.3, 0.4) is 0 Å². The molecule has 2 atom stereocenters. The minimum atomic E-state index is 0.317. The van der Waals surface area contributed by atoms with Crippen LogP contribution in [0.2, 0.25) is 0 Å². The molecular formula is C6H16N2. The average molecular weight is 116 g/mol. The highest BCUT2D eigenvalue weighted by molar-refractivity contribution is 4.63. The molecule has 0 fully saturated rings. The van der Waals surface area contributed by atoms with E-state index < -0.39 is 0 Å². The summed E-state index contributed by atoms with van der Waals surface area (Å²) in [6.45, 7) is 4.15. The highest BCUT2D eigenvalue weighted by atomic mass is 14.9. The molecule has 2 unspecified atom stereocenters. The van der Waals surface area contributed by atoms with Gasteiger partial charge in [-0.15, -0.1) is 0 Å². The summed E-state index contributed by atoms with van der Waals surface area (Å²) in [4.78, 5) is 0. The van der Waals surface area contributed by atoms with Gasteiger partial charge in [-0.25, -0.2) is 0 Å². The maximum Gasteiger partial charge on any atom is 0.00503 e. The Labute approximate surface area is 51.5 Å². The van der Waals surface area contributed by atoms with E-state index >= 15 is 0 Å². The molecule has 8 heavy (non-hydrogen) atoms. The fourth-order valence-electron chi connectivity index (χ4n) is 0.676. The summed E-state index contributed by atoms with van der Waals surface area (Å²) in [5, 5.41) is 3.12. The van der Waals surface area contributed by atoms with Crippen molar-refractivity contribution in [2.24, 2.45) is 5.73 Å². The zero-order chi connectivity index (χ0) is 6.57. The van der Waals surface area contributed by atoms with Crippen molar-refractivity contribution in [3.05, 3.63) is 0 Å². The Kier molecular flexibility index (Phi) is 3.83. The number of nitrogens with two attached hydrogens (primary N) is 1. The molecule has 2 nitrogen and oxygen atoms in total. The Bertz CT molecular complexity index is 52.5. The first-order chi connectivity index (χ1) is 3.66. The molecule has 0 saturated heterocycles. The van der Waals surface area contributed by atoms with Crippen molar-refractivity contribution >= 4 is 0 Å². The summed E-state index contributed by atoms with van der Waals surface area (Å²) in [6.07, 6.45) is 1.05. The molecule has 0 aliphatic heterocycles. The second kappa shape index (κ2) is 3.87. The molecule has 50 valence electrons. The van der Waals surface area contributed by atoms with E-state index in [1.54, 1.807) is 0 Å². The van der Waals surface area contributed by atoms with Gasteiger partial charge in [0.05, 0.1) is 0 Å². The normalized spacial score (nSPS) is 18.0. The van der Waals surface area contributed by atoms with Gasteiger partial charge in [-0.05, 0) is 27.3 Å². The zero-order valence-corrected chi connectivity index (χ0v) is 5.94. The van der Waals surface area contributed by atoms with E-state index in [9.17, 15) is 0 Å². The van der Waals surface area contributed by atoms with E-state index in [1.165, 1.54) is 0 Å². The van der Waals surface area contributed by atoms with Gasteiger partial charge in [-0.1, -0.05) is 0 Å². The van der Waals surface area contributed by atoms with E-state index in [1.807, 2.05) is 14.0 Å². The first kappa shape index (κ1) is 7.92. The van der Waals surface area contributed by atoms with E-state index in [0.717, 1.165) is 6.42 Å². The maximum absolute atomic E-state index is 5.53. The first-order valence-corrected chi connectivity index (χ1v) is 3.09. The molecule has 0 aliphatic rings. The molecule has 0 aromatic rings. The number of hydrogen-bond acceptors (Lipinski definition) is 2. The van der Waals surface area contributed by atoms with Gasteiger partial charge in [0.1, 0.15) is 0 Å². The van der Waals surface area contributed by atoms with Crippen LogP contribution in [0.1, 0.15) is 20.3 Å². The summed E-state index contributed by atoms with van der Waals surface area (Å²) in [5.41, 5.74) is 5.53. The van der Waals surface area contributed by atoms with Crippen LogP contribution in [0.25, 0.3) is 0 Å². The third kappa shape index (κ3) is 4.09. The van der Waals surface area contributed by atoms with Gasteiger partial charge in [-0.3, -0.25) is 0 Å². The van der Waals surface area contributed by atoms with Gasteiger partial charge in [0.2, 0.25) is 0 Å². The maximum atomic E-state index is 5.53. The molecule has 0 amide bonds. The first-order valence-electron chi connectivity index (χ1n) is 3.09. The Balaban J connectivity index is 3.10. The number of rotatable bonds is 3. The Morgan fingerprint density at radius 3 is 2.12 bits per heavy atom. The van der Waals surface area contributed by atoms with Crippen molar-refractivity contribution in [3.8, 4) is 0 Å². The molecule has 0 spiro atoms. The largest absolute Gasteiger partial charge is 0.328 e. The minimum Gasteiger partial charge on any atom is -0.328 e. The standard InChI is InChI=1S/C6H16N2/c1-5(7)4-6(2)8-3/h5-6,8H,4,7H2,1-3H3. The lowest BCUT2D eigenvalue weighted by Crippen LogP contribution is -2.29. The quantitative estimate of drug-likeness (QED) is 0.557. The summed E-state index contributed by atoms with van der Waals surface area (Å²) < 4.78 is 0. The molecule has 0 rings (SSSR count). The third-order valence-corrected chi connectivity index (χ3v) is 1.22. The summed E-state index contributed by atoms with van der Waals surface area (Å²) >= 11 is 0. The Morgan fingerprint density at radius 1 is 1.50 bits per heavy atom. The van der Waals surface area contributed by atoms with E-state index in [4.69, 9.17) is 5.73 Å². The van der Waals surface area contributed by atoms with Crippen LogP contribution in [0.5, 0.6) is 0 Å². The lowest BCUT2D eigenvalue weighted by molar-refractivity contribution is 0.513. The van der Waals surface area contributed by atoms with Gasteiger partial charge in [0.25, 0.3) is 0 Å². The SMILES string of the molecule is CNC(C)CC(C)N. The third-order valence-electron chi connectivity index (χ3n) is 1.22. The second-order valence-corrected chi connectivity index (χ2v) is 2.40. The molecule has 2 heteroatoms. The van der Waals surface area contributed by atoms with Gasteiger partial charge >= 0.3 is 0 Å². The van der Waals surface area contributed by atoms with Gasteiger partial charge in [-0.2, -0.15) is 0 Å². The van der Waals surface area contributed by atoms with Crippen molar-refractivity contribution in [1.82, 2.24) is 5.32 Å². The Hall–Kier alpha value is -0.0800. The number of hydrogen-bond donors (Lipinski definition) is 2. The average Bonchev–Trinajstić information content (AvgIpc) is 1.65. The van der Waals surface area contributed by atoms with E-state index in [2.05, 4.69) is 12.2 Å². The molecule has 3 N–H and O–H groups in total. The van der Waals surface area contributed by atoms with Crippen molar-refractivity contribution in [3.63, 3.8) is 0 Å². The van der Waals surface area contributed by atoms with Crippen LogP contribution in [0, 0.1) is 0 Å². The minimum absolute atomic E-state index is 0.317. The molecule has 0 saturated carbocycles. The van der Waals surface area contributed by atoms with Crippen LogP contribution in [-0.2, 0) is 0 Å². The van der Waals surface area contributed by atoms with Crippen LogP contribution >= 0.6 is 0 Å². The molecule has 0 aliphatic carbocycles. The molecular weight excluding hydrogens is 100 g/mol. The highest BCUT2D eigenvalue weighted by Gasteiger charge is 1.99. The van der Waals surface area contributed by atoms with Crippen molar-refractivity contribution < 1.29 is 0 Å². The van der Waals surface area contributed by atoms with Crippen LogP contribution in [-0.4, -0.2) is 19.1 Å². The predicted octanol–water partition coefficient (Wildman–Crippen LogP) is 0.332. The van der Waals surface area contributed by atoms with Crippen molar-refractivity contribution in [1.29, 1.82) is 0 Å². The fourth-order valence-corrected chi connectivity index (χ4v) is 0.676. The summed E-state index contributed by atoms with van der Waals surface area (Å²) in [6, 6.07) is 0.868. The highest BCUT2D eigenvalue weighted by Crippen LogP contribution is 1.91. The topological polar surface area (TPSA) is 38.0 Å². The van der Waals surface area contributed by atoms with Gasteiger partial charge in [0.15, 0.2) is 0 Å². The van der Waals surface area contributed by atoms with Crippen LogP contribution < -0.4 is 11.1 Å². The van der Waals surface area contributed by atoms with E-state index in [0.29, 0.717) is 12.1 Å². The van der Waals surface area contributed by atoms with Gasteiger partial charge in [0, 0.05) is 12.1 Å². The molecule has 0 aromatic carbocycles. The lowest BCUT2D eigenvalue weighted by Gasteiger charge is -2.11. The zero-order valence-electron chi connectivity index (χ0n) is 5.94. The summed E-state index contributed by atoms with van der Waals surface area (Å²) in [7, 11) is 1.95. The molecule has 0 aromatic heterocycles. The monoisotopic (exact) mass is 116 g/mol. The second-order valence-electron chi connectivity index (χ2n) is 2.40.